The molecule has 2 fully saturated rings. The number of ether oxygens (including phenoxy) is 4. The van der Waals surface area contributed by atoms with Crippen LogP contribution in [0.15, 0.2) is 35.4 Å². The first-order chi connectivity index (χ1) is 22.6. The maximum Gasteiger partial charge on any atom is 0.303 e. The lowest BCUT2D eigenvalue weighted by Crippen LogP contribution is -2.62. The average Bonchev–Trinajstić information content (AvgIpc) is 3.01. The summed E-state index contributed by atoms with van der Waals surface area (Å²) in [6.45, 7) is 3.74. The molecule has 14 heteroatoms. The molecule has 2 aromatic rings. The minimum absolute atomic E-state index is 0.00745. The Morgan fingerprint density at radius 1 is 0.750 bits per heavy atom. The lowest BCUT2D eigenvalue weighted by molar-refractivity contribution is -0.172. The van der Waals surface area contributed by atoms with E-state index in [4.69, 9.17) is 18.9 Å². The van der Waals surface area contributed by atoms with Gasteiger partial charge in [-0.3, -0.25) is 19.2 Å². The molecule has 0 unspecified atom stereocenters. The van der Waals surface area contributed by atoms with E-state index in [-0.39, 0.29) is 46.6 Å². The van der Waals surface area contributed by atoms with Gasteiger partial charge in [0, 0.05) is 49.7 Å². The smallest absolute Gasteiger partial charge is 0.303 e. The highest BCUT2D eigenvalue weighted by molar-refractivity contribution is 6.08. The van der Waals surface area contributed by atoms with E-state index in [1.807, 2.05) is 0 Å². The zero-order chi connectivity index (χ0) is 35.0. The van der Waals surface area contributed by atoms with Crippen LogP contribution in [0.1, 0.15) is 51.7 Å². The summed E-state index contributed by atoms with van der Waals surface area (Å²) in [4.78, 5) is 50.7. The van der Waals surface area contributed by atoms with Crippen LogP contribution in [0.4, 0.5) is 0 Å². The molecule has 0 aromatic heterocycles. The molecule has 2 saturated carbocycles. The Hall–Kier alpha value is -5.08. The van der Waals surface area contributed by atoms with Crippen LogP contribution in [0.25, 0.3) is 22.6 Å². The standard InChI is InChI=1S/C34H34O14/c1-13-9-21(41)26-29(44)24-22(47-33(26,11-35)31(13)45-15(3)37)8-6-17(27(24)42)18-5-7-19(39)23-28(43)25-20(40)10-14(2)32(46-16(4)38)34(25,12-36)48-30(18)23/h5-8,13-14,31-32,35-36,39,42-44H,9-12H2,1-4H3/t13-,14-,31-,32-,33+,34+/m1/s1. The summed E-state index contributed by atoms with van der Waals surface area (Å²) < 4.78 is 23.4. The third kappa shape index (κ3) is 4.46. The van der Waals surface area contributed by atoms with E-state index in [1.165, 1.54) is 24.3 Å². The summed E-state index contributed by atoms with van der Waals surface area (Å²) in [5.74, 6) is -7.02. The number of benzene rings is 2. The number of ketones is 2. The summed E-state index contributed by atoms with van der Waals surface area (Å²) in [7, 11) is 0. The van der Waals surface area contributed by atoms with Crippen LogP contribution in [0.2, 0.25) is 0 Å². The number of hydrogen-bond acceptors (Lipinski definition) is 14. The van der Waals surface area contributed by atoms with Gasteiger partial charge in [0.25, 0.3) is 0 Å². The molecule has 2 aliphatic heterocycles. The lowest BCUT2D eigenvalue weighted by atomic mass is 9.69. The van der Waals surface area contributed by atoms with Crippen molar-refractivity contribution in [2.45, 2.75) is 63.9 Å². The molecule has 4 aliphatic rings. The lowest BCUT2D eigenvalue weighted by Gasteiger charge is -2.48. The highest BCUT2D eigenvalue weighted by Gasteiger charge is 2.61. The number of hydrogen-bond donors (Lipinski definition) is 6. The number of rotatable bonds is 5. The van der Waals surface area contributed by atoms with Crippen molar-refractivity contribution >= 4 is 35.0 Å². The maximum atomic E-state index is 13.3. The fourth-order valence-electron chi connectivity index (χ4n) is 7.60. The molecule has 2 aliphatic carbocycles. The van der Waals surface area contributed by atoms with Gasteiger partial charge in [-0.2, -0.15) is 0 Å². The van der Waals surface area contributed by atoms with Crippen molar-refractivity contribution in [3.63, 3.8) is 0 Å². The molecular formula is C34H34O14. The summed E-state index contributed by atoms with van der Waals surface area (Å²) in [5, 5.41) is 66.9. The molecule has 0 saturated heterocycles. The van der Waals surface area contributed by atoms with Gasteiger partial charge in [-0.1, -0.05) is 13.8 Å². The molecular weight excluding hydrogens is 632 g/mol. The van der Waals surface area contributed by atoms with Gasteiger partial charge in [-0.25, -0.2) is 0 Å². The molecule has 2 aromatic carbocycles. The van der Waals surface area contributed by atoms with Crippen molar-refractivity contribution in [1.82, 2.24) is 0 Å². The van der Waals surface area contributed by atoms with Crippen LogP contribution in [0, 0.1) is 11.8 Å². The summed E-state index contributed by atoms with van der Waals surface area (Å²) in [6.07, 6.45) is -2.76. The maximum absolute atomic E-state index is 13.3. The minimum Gasteiger partial charge on any atom is -0.507 e. The van der Waals surface area contributed by atoms with Gasteiger partial charge in [-0.05, 0) is 24.3 Å². The molecule has 6 atom stereocenters. The second-order valence-electron chi connectivity index (χ2n) is 12.7. The van der Waals surface area contributed by atoms with E-state index >= 15 is 0 Å². The van der Waals surface area contributed by atoms with Gasteiger partial charge in [0.15, 0.2) is 23.8 Å². The normalized spacial score (nSPS) is 29.1. The Morgan fingerprint density at radius 2 is 1.23 bits per heavy atom. The summed E-state index contributed by atoms with van der Waals surface area (Å²) >= 11 is 0. The number of aliphatic hydroxyl groups is 4. The number of aliphatic hydroxyl groups excluding tert-OH is 4. The largest absolute Gasteiger partial charge is 0.507 e. The number of phenols is 2. The summed E-state index contributed by atoms with van der Waals surface area (Å²) in [6, 6.07) is 5.13. The Balaban J connectivity index is 1.57. The number of Topliss-reactive ketones (excluding diaryl/α,β-unsaturated/α-hetero) is 2. The Bertz CT molecular complexity index is 1860. The van der Waals surface area contributed by atoms with Crippen LogP contribution < -0.4 is 9.47 Å². The number of esters is 2. The Kier molecular flexibility index (Phi) is 7.71. The van der Waals surface area contributed by atoms with Gasteiger partial charge < -0.3 is 49.6 Å². The van der Waals surface area contributed by atoms with E-state index < -0.39 is 106 Å². The van der Waals surface area contributed by atoms with Crippen molar-refractivity contribution in [1.29, 1.82) is 0 Å². The van der Waals surface area contributed by atoms with Gasteiger partial charge in [0.05, 0.1) is 24.4 Å². The van der Waals surface area contributed by atoms with Gasteiger partial charge in [0.1, 0.15) is 45.6 Å². The van der Waals surface area contributed by atoms with Crippen molar-refractivity contribution in [3.8, 4) is 34.1 Å². The third-order valence-corrected chi connectivity index (χ3v) is 9.52. The molecule has 6 N–H and O–H groups in total. The first kappa shape index (κ1) is 32.8. The molecule has 0 radical (unpaired) electrons. The predicted molar refractivity (Wildman–Crippen MR) is 164 cm³/mol. The van der Waals surface area contributed by atoms with Crippen LogP contribution in [-0.4, -0.2) is 90.8 Å². The fourth-order valence-corrected chi connectivity index (χ4v) is 7.60. The zero-order valence-corrected chi connectivity index (χ0v) is 26.4. The van der Waals surface area contributed by atoms with Gasteiger partial charge in [-0.15, -0.1) is 0 Å². The molecule has 0 amide bonds. The van der Waals surface area contributed by atoms with Crippen molar-refractivity contribution in [2.24, 2.45) is 11.8 Å². The van der Waals surface area contributed by atoms with E-state index in [2.05, 4.69) is 0 Å². The number of carbonyl (C=O) groups is 4. The van der Waals surface area contributed by atoms with E-state index in [0.29, 0.717) is 0 Å². The van der Waals surface area contributed by atoms with Crippen LogP contribution in [-0.2, 0) is 28.7 Å². The molecule has 0 spiro atoms. The first-order valence-electron chi connectivity index (χ1n) is 15.2. The topological polar surface area (TPSA) is 227 Å². The molecule has 254 valence electrons. The predicted octanol–water partition coefficient (Wildman–Crippen LogP) is 2.63. The fraction of sp³-hybridized carbons (Fsp3) is 0.412. The molecule has 48 heavy (non-hydrogen) atoms. The number of phenolic OH excluding ortho intramolecular Hbond substituents is 2. The number of aromatic hydroxyl groups is 2. The van der Waals surface area contributed by atoms with Crippen LogP contribution in [0.3, 0.4) is 0 Å². The number of carbonyl (C=O) groups excluding carboxylic acids is 4. The van der Waals surface area contributed by atoms with Crippen LogP contribution >= 0.6 is 0 Å². The second-order valence-corrected chi connectivity index (χ2v) is 12.7. The van der Waals surface area contributed by atoms with Gasteiger partial charge >= 0.3 is 11.9 Å². The average molecular weight is 667 g/mol. The third-order valence-electron chi connectivity index (χ3n) is 9.52. The monoisotopic (exact) mass is 666 g/mol. The second kappa shape index (κ2) is 11.3. The van der Waals surface area contributed by atoms with E-state index in [1.54, 1.807) is 13.8 Å². The first-order valence-corrected chi connectivity index (χ1v) is 15.2. The minimum atomic E-state index is -2.10. The van der Waals surface area contributed by atoms with E-state index in [0.717, 1.165) is 13.8 Å². The van der Waals surface area contributed by atoms with Crippen molar-refractivity contribution in [2.75, 3.05) is 13.2 Å². The zero-order valence-electron chi connectivity index (χ0n) is 26.4. The molecule has 2 heterocycles. The van der Waals surface area contributed by atoms with Crippen LogP contribution in [0.5, 0.6) is 23.0 Å². The highest BCUT2D eigenvalue weighted by Crippen LogP contribution is 2.56. The van der Waals surface area contributed by atoms with Crippen molar-refractivity contribution in [3.05, 3.63) is 46.5 Å². The molecule has 0 bridgehead atoms. The summed E-state index contributed by atoms with van der Waals surface area (Å²) in [5.41, 5.74) is -5.65. The SMILES string of the molecule is CC(=O)O[C@@H]1[C@H](C)CC(=O)C2=C(O)c3c(ccc(-c4ccc(O)c5c4O[C@@]4(CO)C(=C5O)C(=O)C[C@@H](C)[C@H]4OC(C)=O)c3O)O[C@@]21CO. The molecule has 14 nitrogen and oxygen atoms in total. The highest BCUT2D eigenvalue weighted by atomic mass is 16.6. The van der Waals surface area contributed by atoms with Gasteiger partial charge in [0.2, 0.25) is 11.2 Å². The Morgan fingerprint density at radius 3 is 1.73 bits per heavy atom. The molecule has 6 rings (SSSR count). The van der Waals surface area contributed by atoms with E-state index in [9.17, 15) is 49.8 Å². The Labute approximate surface area is 273 Å². The number of fused-ring (bicyclic) bond motifs is 4. The quantitative estimate of drug-likeness (QED) is 0.252. The van der Waals surface area contributed by atoms with Crippen molar-refractivity contribution < 1.29 is 68.8 Å².